The maximum absolute atomic E-state index is 12.7. The molecule has 0 spiro atoms. The van der Waals surface area contributed by atoms with E-state index in [-0.39, 0.29) is 23.9 Å². The predicted octanol–water partition coefficient (Wildman–Crippen LogP) is 3.10. The SMILES string of the molecule is COC1CCNCC(C(=O)NC(C#N)Cc2ccc(-c3ccc4c(c3)C(C)CCC(=O)O4)cc2)OC1. The highest BCUT2D eigenvalue weighted by Gasteiger charge is 2.25. The summed E-state index contributed by atoms with van der Waals surface area (Å²) in [5, 5.41) is 15.7. The molecule has 190 valence electrons. The van der Waals surface area contributed by atoms with E-state index in [1.807, 2.05) is 36.4 Å². The summed E-state index contributed by atoms with van der Waals surface area (Å²) in [6.07, 6.45) is 1.67. The molecule has 0 aliphatic carbocycles. The summed E-state index contributed by atoms with van der Waals surface area (Å²) in [6, 6.07) is 15.4. The van der Waals surface area contributed by atoms with Crippen LogP contribution >= 0.6 is 0 Å². The van der Waals surface area contributed by atoms with Gasteiger partial charge in [-0.2, -0.15) is 5.26 Å². The number of carbonyl (C=O) groups is 2. The van der Waals surface area contributed by atoms with Crippen LogP contribution in [0.5, 0.6) is 5.75 Å². The van der Waals surface area contributed by atoms with Crippen LogP contribution in [-0.4, -0.2) is 56.9 Å². The van der Waals surface area contributed by atoms with E-state index in [0.29, 0.717) is 31.7 Å². The molecule has 1 saturated heterocycles. The summed E-state index contributed by atoms with van der Waals surface area (Å²) in [6.45, 7) is 3.60. The first-order valence-corrected chi connectivity index (χ1v) is 12.5. The van der Waals surface area contributed by atoms with Crippen LogP contribution in [-0.2, 0) is 25.5 Å². The number of carbonyl (C=O) groups excluding carboxylic acids is 2. The molecule has 0 saturated carbocycles. The number of nitriles is 1. The van der Waals surface area contributed by atoms with Crippen molar-refractivity contribution >= 4 is 11.9 Å². The Bertz CT molecular complexity index is 1110. The largest absolute Gasteiger partial charge is 0.426 e. The van der Waals surface area contributed by atoms with Gasteiger partial charge in [0.1, 0.15) is 17.9 Å². The molecule has 4 rings (SSSR count). The highest BCUT2D eigenvalue weighted by Crippen LogP contribution is 2.36. The first-order chi connectivity index (χ1) is 17.5. The van der Waals surface area contributed by atoms with Crippen LogP contribution in [0.1, 0.15) is 43.2 Å². The Balaban J connectivity index is 1.39. The Morgan fingerprint density at radius 1 is 1.22 bits per heavy atom. The van der Waals surface area contributed by atoms with Crippen LogP contribution < -0.4 is 15.4 Å². The number of ether oxygens (including phenoxy) is 3. The summed E-state index contributed by atoms with van der Waals surface area (Å²) in [5.74, 6) is 0.387. The fourth-order valence-electron chi connectivity index (χ4n) is 4.55. The molecule has 0 radical (unpaired) electrons. The number of nitrogens with zero attached hydrogens (tertiary/aromatic N) is 1. The third-order valence-corrected chi connectivity index (χ3v) is 6.83. The Hall–Kier alpha value is -3.25. The fraction of sp³-hybridized carbons (Fsp3) is 0.464. The smallest absolute Gasteiger partial charge is 0.311 e. The van der Waals surface area contributed by atoms with Crippen molar-refractivity contribution in [3.63, 3.8) is 0 Å². The number of esters is 1. The normalized spacial score (nSPS) is 23.1. The quantitative estimate of drug-likeness (QED) is 0.472. The molecule has 1 fully saturated rings. The minimum Gasteiger partial charge on any atom is -0.426 e. The van der Waals surface area contributed by atoms with Gasteiger partial charge in [0.05, 0.1) is 18.8 Å². The molecule has 2 aromatic rings. The molecular weight excluding hydrogens is 458 g/mol. The van der Waals surface area contributed by atoms with Gasteiger partial charge in [-0.25, -0.2) is 0 Å². The molecule has 0 bridgehead atoms. The number of benzene rings is 2. The summed E-state index contributed by atoms with van der Waals surface area (Å²) in [7, 11) is 1.63. The zero-order valence-electron chi connectivity index (χ0n) is 20.8. The fourth-order valence-corrected chi connectivity index (χ4v) is 4.55. The van der Waals surface area contributed by atoms with Gasteiger partial charge in [-0.05, 0) is 59.7 Å². The lowest BCUT2D eigenvalue weighted by Crippen LogP contribution is -2.49. The minimum absolute atomic E-state index is 0.0591. The maximum Gasteiger partial charge on any atom is 0.311 e. The van der Waals surface area contributed by atoms with Crippen molar-refractivity contribution < 1.29 is 23.8 Å². The number of amides is 1. The average molecular weight is 492 g/mol. The van der Waals surface area contributed by atoms with Gasteiger partial charge < -0.3 is 24.8 Å². The molecule has 2 aliphatic rings. The van der Waals surface area contributed by atoms with E-state index in [0.717, 1.165) is 41.6 Å². The van der Waals surface area contributed by atoms with Gasteiger partial charge in [0.25, 0.3) is 5.91 Å². The third kappa shape index (κ3) is 6.49. The van der Waals surface area contributed by atoms with Crippen LogP contribution in [0.4, 0.5) is 0 Å². The van der Waals surface area contributed by atoms with E-state index >= 15 is 0 Å². The van der Waals surface area contributed by atoms with Gasteiger partial charge in [-0.15, -0.1) is 0 Å². The number of hydrogen-bond donors (Lipinski definition) is 2. The topological polar surface area (TPSA) is 110 Å². The summed E-state index contributed by atoms with van der Waals surface area (Å²) < 4.78 is 16.6. The number of rotatable bonds is 6. The lowest BCUT2D eigenvalue weighted by atomic mass is 9.92. The van der Waals surface area contributed by atoms with Gasteiger partial charge in [0.15, 0.2) is 0 Å². The predicted molar refractivity (Wildman–Crippen MR) is 134 cm³/mol. The molecule has 8 heteroatoms. The Morgan fingerprint density at radius 3 is 2.75 bits per heavy atom. The van der Waals surface area contributed by atoms with Gasteiger partial charge in [-0.3, -0.25) is 9.59 Å². The van der Waals surface area contributed by atoms with Gasteiger partial charge >= 0.3 is 5.97 Å². The van der Waals surface area contributed by atoms with Crippen LogP contribution in [0, 0.1) is 11.3 Å². The second-order valence-corrected chi connectivity index (χ2v) is 9.43. The number of fused-ring (bicyclic) bond motifs is 1. The summed E-state index contributed by atoms with van der Waals surface area (Å²) in [5.41, 5.74) is 4.05. The monoisotopic (exact) mass is 491 g/mol. The first-order valence-electron chi connectivity index (χ1n) is 12.5. The lowest BCUT2D eigenvalue weighted by molar-refractivity contribution is -0.136. The second kappa shape index (κ2) is 12.1. The number of nitrogens with one attached hydrogen (secondary N) is 2. The molecule has 0 aromatic heterocycles. The van der Waals surface area contributed by atoms with Crippen molar-refractivity contribution in [1.29, 1.82) is 5.26 Å². The highest BCUT2D eigenvalue weighted by atomic mass is 16.5. The van der Waals surface area contributed by atoms with E-state index < -0.39 is 12.1 Å². The highest BCUT2D eigenvalue weighted by molar-refractivity contribution is 5.81. The van der Waals surface area contributed by atoms with Gasteiger partial charge in [0.2, 0.25) is 0 Å². The summed E-state index contributed by atoms with van der Waals surface area (Å²) in [4.78, 5) is 24.6. The molecule has 2 aromatic carbocycles. The zero-order chi connectivity index (χ0) is 25.5. The van der Waals surface area contributed by atoms with E-state index in [1.54, 1.807) is 7.11 Å². The molecule has 8 nitrogen and oxygen atoms in total. The molecule has 2 aliphatic heterocycles. The molecule has 4 unspecified atom stereocenters. The zero-order valence-corrected chi connectivity index (χ0v) is 20.8. The van der Waals surface area contributed by atoms with Crippen molar-refractivity contribution in [3.05, 3.63) is 53.6 Å². The van der Waals surface area contributed by atoms with E-state index in [4.69, 9.17) is 14.2 Å². The Morgan fingerprint density at radius 2 is 2.00 bits per heavy atom. The molecule has 2 heterocycles. The van der Waals surface area contributed by atoms with Crippen molar-refractivity contribution in [2.24, 2.45) is 0 Å². The molecule has 2 N–H and O–H groups in total. The van der Waals surface area contributed by atoms with Crippen molar-refractivity contribution in [2.75, 3.05) is 26.8 Å². The number of hydrogen-bond acceptors (Lipinski definition) is 7. The van der Waals surface area contributed by atoms with E-state index in [9.17, 15) is 14.9 Å². The molecule has 36 heavy (non-hydrogen) atoms. The van der Waals surface area contributed by atoms with E-state index in [1.165, 1.54) is 0 Å². The number of methoxy groups -OCH3 is 1. The molecule has 4 atom stereocenters. The molecule has 1 amide bonds. The Kier molecular flexibility index (Phi) is 8.70. The van der Waals surface area contributed by atoms with Crippen molar-refractivity contribution in [2.45, 2.75) is 56.8 Å². The van der Waals surface area contributed by atoms with Crippen molar-refractivity contribution in [3.8, 4) is 22.9 Å². The van der Waals surface area contributed by atoms with Crippen molar-refractivity contribution in [1.82, 2.24) is 10.6 Å². The second-order valence-electron chi connectivity index (χ2n) is 9.43. The molecular formula is C28H33N3O5. The summed E-state index contributed by atoms with van der Waals surface area (Å²) >= 11 is 0. The van der Waals surface area contributed by atoms with Gasteiger partial charge in [0, 0.05) is 26.5 Å². The maximum atomic E-state index is 12.7. The van der Waals surface area contributed by atoms with Crippen LogP contribution in [0.2, 0.25) is 0 Å². The third-order valence-electron chi connectivity index (χ3n) is 6.83. The first kappa shape index (κ1) is 25.8. The lowest BCUT2D eigenvalue weighted by Gasteiger charge is -2.25. The van der Waals surface area contributed by atoms with Crippen LogP contribution in [0.25, 0.3) is 11.1 Å². The standard InChI is InChI=1S/C28H33N3O5/c1-18-3-10-27(32)36-25-9-8-21(14-24(18)25)20-6-4-19(5-7-20)13-22(15-29)31-28(33)26-16-30-12-11-23(34-2)17-35-26/h4-9,14,18,22-23,26,30H,3,10-13,16-17H2,1-2H3,(H,31,33). The van der Waals surface area contributed by atoms with E-state index in [2.05, 4.69) is 29.7 Å². The Labute approximate surface area is 211 Å². The van der Waals surface area contributed by atoms with Crippen LogP contribution in [0.3, 0.4) is 0 Å². The van der Waals surface area contributed by atoms with Crippen LogP contribution in [0.15, 0.2) is 42.5 Å². The van der Waals surface area contributed by atoms with Gasteiger partial charge in [-0.1, -0.05) is 37.3 Å². The average Bonchev–Trinajstić information content (AvgIpc) is 3.01. The minimum atomic E-state index is -0.670.